The molecule has 0 unspecified atom stereocenters. The van der Waals surface area contributed by atoms with E-state index in [-0.39, 0.29) is 18.8 Å². The first-order valence-corrected chi connectivity index (χ1v) is 5.33. The van der Waals surface area contributed by atoms with Gasteiger partial charge in [-0.05, 0) is 18.6 Å². The van der Waals surface area contributed by atoms with Crippen molar-refractivity contribution in [1.29, 1.82) is 0 Å². The van der Waals surface area contributed by atoms with E-state index in [4.69, 9.17) is 28.9 Å². The number of rotatable bonds is 3. The van der Waals surface area contributed by atoms with Gasteiger partial charge in [0.25, 0.3) is 0 Å². The minimum absolute atomic E-state index is 0. The molecule has 0 heterocycles. The van der Waals surface area contributed by atoms with Crippen molar-refractivity contribution in [2.75, 3.05) is 0 Å². The van der Waals surface area contributed by atoms with Crippen molar-refractivity contribution >= 4 is 35.6 Å². The summed E-state index contributed by atoms with van der Waals surface area (Å²) in [5.41, 5.74) is 6.01. The molecule has 0 aromatic heterocycles. The van der Waals surface area contributed by atoms with Crippen molar-refractivity contribution < 1.29 is 13.2 Å². The maximum atomic E-state index is 12.0. The monoisotopic (exact) mass is 307 g/mol. The molecule has 0 spiro atoms. The van der Waals surface area contributed by atoms with Gasteiger partial charge in [-0.15, -0.1) is 12.4 Å². The number of alkyl halides is 3. The Morgan fingerprint density at radius 2 is 1.65 bits per heavy atom. The first kappa shape index (κ1) is 16.8. The molecule has 1 aromatic rings. The Labute approximate surface area is 113 Å². The topological polar surface area (TPSA) is 26.0 Å². The summed E-state index contributed by atoms with van der Waals surface area (Å²) >= 11 is 11.7. The van der Waals surface area contributed by atoms with Gasteiger partial charge in [-0.3, -0.25) is 0 Å². The molecule has 1 nitrogen and oxygen atoms in total. The van der Waals surface area contributed by atoms with Crippen molar-refractivity contribution in [2.24, 2.45) is 5.73 Å². The van der Waals surface area contributed by atoms with Gasteiger partial charge >= 0.3 is 6.18 Å². The van der Waals surface area contributed by atoms with E-state index in [9.17, 15) is 13.2 Å². The van der Waals surface area contributed by atoms with Crippen LogP contribution in [-0.4, -0.2) is 6.18 Å². The molecule has 2 N–H and O–H groups in total. The third kappa shape index (κ3) is 5.34. The maximum absolute atomic E-state index is 12.0. The molecule has 0 saturated carbocycles. The maximum Gasteiger partial charge on any atom is 0.389 e. The van der Waals surface area contributed by atoms with Gasteiger partial charge in [0.2, 0.25) is 0 Å². The van der Waals surface area contributed by atoms with Crippen LogP contribution < -0.4 is 5.73 Å². The Balaban J connectivity index is 0.00000256. The van der Waals surface area contributed by atoms with Crippen molar-refractivity contribution in [3.63, 3.8) is 0 Å². The summed E-state index contributed by atoms with van der Waals surface area (Å²) in [7, 11) is 0. The molecule has 0 saturated heterocycles. The van der Waals surface area contributed by atoms with Crippen molar-refractivity contribution in [3.05, 3.63) is 33.8 Å². The number of hydrogen-bond acceptors (Lipinski definition) is 1. The molecule has 1 atom stereocenters. The van der Waals surface area contributed by atoms with Gasteiger partial charge in [-0.1, -0.05) is 29.3 Å². The Kier molecular flexibility index (Phi) is 6.62. The molecule has 98 valence electrons. The smallest absolute Gasteiger partial charge is 0.324 e. The third-order valence-electron chi connectivity index (χ3n) is 2.11. The zero-order chi connectivity index (χ0) is 12.3. The summed E-state index contributed by atoms with van der Waals surface area (Å²) in [6.45, 7) is 0. The molecule has 0 aliphatic carbocycles. The number of nitrogens with two attached hydrogens (primary N) is 1. The van der Waals surface area contributed by atoms with Crippen molar-refractivity contribution in [2.45, 2.75) is 25.1 Å². The van der Waals surface area contributed by atoms with Gasteiger partial charge in [0, 0.05) is 28.1 Å². The fraction of sp³-hybridized carbons (Fsp3) is 0.400. The van der Waals surface area contributed by atoms with Crippen LogP contribution in [0.5, 0.6) is 0 Å². The average molecular weight is 309 g/mol. The fourth-order valence-electron chi connectivity index (χ4n) is 1.33. The molecule has 0 amide bonds. The molecule has 0 bridgehead atoms. The van der Waals surface area contributed by atoms with E-state index >= 15 is 0 Å². The van der Waals surface area contributed by atoms with Crippen LogP contribution >= 0.6 is 35.6 Å². The number of halogens is 6. The minimum Gasteiger partial charge on any atom is -0.324 e. The third-order valence-corrected chi connectivity index (χ3v) is 2.77. The lowest BCUT2D eigenvalue weighted by molar-refractivity contribution is -0.136. The lowest BCUT2D eigenvalue weighted by Crippen LogP contribution is -2.16. The first-order chi connectivity index (χ1) is 7.31. The standard InChI is InChI=1S/C10H10Cl2F3N.ClH/c11-6-2-1-3-7(12)9(6)8(16)4-5-10(13,14)15;/h1-3,8H,4-5,16H2;1H/t8-;/m0./s1. The largest absolute Gasteiger partial charge is 0.389 e. The van der Waals surface area contributed by atoms with Gasteiger partial charge in [0.1, 0.15) is 0 Å². The van der Waals surface area contributed by atoms with E-state index in [1.807, 2.05) is 0 Å². The highest BCUT2D eigenvalue weighted by molar-refractivity contribution is 6.36. The van der Waals surface area contributed by atoms with Crippen LogP contribution in [0.15, 0.2) is 18.2 Å². The lowest BCUT2D eigenvalue weighted by Gasteiger charge is -2.16. The predicted octanol–water partition coefficient (Wildman–Crippen LogP) is 4.76. The second-order valence-corrected chi connectivity index (χ2v) is 4.21. The van der Waals surface area contributed by atoms with Crippen LogP contribution in [0.2, 0.25) is 10.0 Å². The van der Waals surface area contributed by atoms with Crippen LogP contribution in [0.25, 0.3) is 0 Å². The van der Waals surface area contributed by atoms with E-state index in [1.54, 1.807) is 18.2 Å². The summed E-state index contributed by atoms with van der Waals surface area (Å²) in [6, 6.07) is 3.92. The molecule has 7 heteroatoms. The highest BCUT2D eigenvalue weighted by Gasteiger charge is 2.28. The highest BCUT2D eigenvalue weighted by Crippen LogP contribution is 2.33. The summed E-state index contributed by atoms with van der Waals surface area (Å²) in [5.74, 6) is 0. The Morgan fingerprint density at radius 1 is 1.18 bits per heavy atom. The van der Waals surface area contributed by atoms with Crippen LogP contribution in [0.4, 0.5) is 13.2 Å². The SMILES string of the molecule is Cl.N[C@@H](CCC(F)(F)F)c1c(Cl)cccc1Cl. The molecular formula is C10H11Cl3F3N. The predicted molar refractivity (Wildman–Crippen MR) is 65.9 cm³/mol. The van der Waals surface area contributed by atoms with Crippen LogP contribution in [0.3, 0.4) is 0 Å². The van der Waals surface area contributed by atoms with Gasteiger partial charge in [-0.2, -0.15) is 13.2 Å². The quantitative estimate of drug-likeness (QED) is 0.856. The van der Waals surface area contributed by atoms with E-state index in [0.29, 0.717) is 15.6 Å². The van der Waals surface area contributed by atoms with E-state index in [2.05, 4.69) is 0 Å². The second kappa shape index (κ2) is 6.69. The number of hydrogen-bond donors (Lipinski definition) is 1. The molecule has 0 aliphatic rings. The summed E-state index contributed by atoms with van der Waals surface area (Å²) < 4.78 is 36.0. The van der Waals surface area contributed by atoms with E-state index < -0.39 is 18.6 Å². The fourth-order valence-corrected chi connectivity index (χ4v) is 2.01. The van der Waals surface area contributed by atoms with Gasteiger partial charge in [-0.25, -0.2) is 0 Å². The highest BCUT2D eigenvalue weighted by atomic mass is 35.5. The number of benzene rings is 1. The Hall–Kier alpha value is -0.160. The zero-order valence-electron chi connectivity index (χ0n) is 8.60. The molecule has 0 fully saturated rings. The first-order valence-electron chi connectivity index (χ1n) is 4.57. The van der Waals surface area contributed by atoms with Gasteiger partial charge in [0.15, 0.2) is 0 Å². The van der Waals surface area contributed by atoms with Crippen molar-refractivity contribution in [3.8, 4) is 0 Å². The van der Waals surface area contributed by atoms with Gasteiger partial charge < -0.3 is 5.73 Å². The summed E-state index contributed by atoms with van der Waals surface area (Å²) in [6.07, 6.45) is -5.39. The normalized spacial score (nSPS) is 13.1. The summed E-state index contributed by atoms with van der Waals surface area (Å²) in [5, 5.41) is 0.587. The molecule has 1 rings (SSSR count). The Morgan fingerprint density at radius 3 is 2.06 bits per heavy atom. The molecule has 0 radical (unpaired) electrons. The van der Waals surface area contributed by atoms with Crippen LogP contribution in [-0.2, 0) is 0 Å². The summed E-state index contributed by atoms with van der Waals surface area (Å²) in [4.78, 5) is 0. The van der Waals surface area contributed by atoms with E-state index in [0.717, 1.165) is 0 Å². The van der Waals surface area contributed by atoms with E-state index in [1.165, 1.54) is 0 Å². The van der Waals surface area contributed by atoms with Gasteiger partial charge in [0.05, 0.1) is 0 Å². The second-order valence-electron chi connectivity index (χ2n) is 3.40. The molecule has 0 aliphatic heterocycles. The van der Waals surface area contributed by atoms with Crippen LogP contribution in [0.1, 0.15) is 24.4 Å². The lowest BCUT2D eigenvalue weighted by atomic mass is 10.0. The van der Waals surface area contributed by atoms with Crippen LogP contribution in [0, 0.1) is 0 Å². The zero-order valence-corrected chi connectivity index (χ0v) is 10.9. The Bertz CT molecular complexity index is 348. The minimum atomic E-state index is -4.22. The molecular weight excluding hydrogens is 297 g/mol. The average Bonchev–Trinajstić information content (AvgIpc) is 2.13. The van der Waals surface area contributed by atoms with Crippen molar-refractivity contribution in [1.82, 2.24) is 0 Å². The molecule has 17 heavy (non-hydrogen) atoms. The molecule has 1 aromatic carbocycles.